The third-order valence-corrected chi connectivity index (χ3v) is 5.04. The molecule has 0 aliphatic carbocycles. The molecule has 1 aliphatic rings. The molecule has 1 aliphatic heterocycles. The highest BCUT2D eigenvalue weighted by atomic mass is 79.9. The van der Waals surface area contributed by atoms with E-state index in [-0.39, 0.29) is 0 Å². The minimum atomic E-state index is -0.627. The second-order valence-corrected chi connectivity index (χ2v) is 7.76. The first kappa shape index (κ1) is 15.0. The van der Waals surface area contributed by atoms with Gasteiger partial charge in [0.1, 0.15) is 0 Å². The van der Waals surface area contributed by atoms with Crippen LogP contribution in [0.15, 0.2) is 22.7 Å². The number of rotatable bonds is 4. The van der Waals surface area contributed by atoms with Crippen LogP contribution in [0, 0.1) is 0 Å². The molecule has 1 heterocycles. The Morgan fingerprint density at radius 3 is 2.68 bits per heavy atom. The molecule has 0 amide bonds. The smallest absolute Gasteiger partial charge is 0.0423 e. The molecule has 1 N–H and O–H groups in total. The third-order valence-electron chi connectivity index (χ3n) is 3.27. The number of hydrogen-bond donors (Lipinski definition) is 1. The van der Waals surface area contributed by atoms with Gasteiger partial charge >= 0.3 is 0 Å². The van der Waals surface area contributed by atoms with E-state index >= 15 is 0 Å². The van der Waals surface area contributed by atoms with E-state index in [1.54, 1.807) is 0 Å². The van der Waals surface area contributed by atoms with Crippen molar-refractivity contribution in [3.05, 3.63) is 28.2 Å². The normalized spacial score (nSPS) is 17.2. The number of benzene rings is 1. The first-order valence-electron chi connectivity index (χ1n) is 6.68. The maximum absolute atomic E-state index is 11.5. The van der Waals surface area contributed by atoms with Crippen LogP contribution in [0.25, 0.3) is 0 Å². The average Bonchev–Trinajstić information content (AvgIpc) is 2.38. The summed E-state index contributed by atoms with van der Waals surface area (Å²) in [7, 11) is -0.627. The van der Waals surface area contributed by atoms with Crippen LogP contribution in [0.2, 0.25) is 0 Å². The van der Waals surface area contributed by atoms with Gasteiger partial charge in [-0.2, -0.15) is 0 Å². The van der Waals surface area contributed by atoms with Crippen molar-refractivity contribution < 1.29 is 4.21 Å². The monoisotopic (exact) mass is 344 g/mol. The Hall–Kier alpha value is -0.390. The van der Waals surface area contributed by atoms with Gasteiger partial charge in [0, 0.05) is 58.1 Å². The first-order chi connectivity index (χ1) is 9.06. The fourth-order valence-electron chi connectivity index (χ4n) is 2.17. The number of anilines is 1. The molecule has 1 aromatic rings. The lowest BCUT2D eigenvalue weighted by molar-refractivity contribution is 0.587. The summed E-state index contributed by atoms with van der Waals surface area (Å²) < 4.78 is 12.6. The zero-order valence-corrected chi connectivity index (χ0v) is 13.9. The van der Waals surface area contributed by atoms with Gasteiger partial charge in [0.25, 0.3) is 0 Å². The lowest BCUT2D eigenvalue weighted by Gasteiger charge is -2.30. The summed E-state index contributed by atoms with van der Waals surface area (Å²) in [4.78, 5) is 2.35. The zero-order valence-electron chi connectivity index (χ0n) is 11.5. The fourth-order valence-corrected chi connectivity index (χ4v) is 3.57. The van der Waals surface area contributed by atoms with E-state index in [1.165, 1.54) is 11.3 Å². The largest absolute Gasteiger partial charge is 0.369 e. The lowest BCUT2D eigenvalue weighted by atomic mass is 10.1. The van der Waals surface area contributed by atoms with E-state index in [0.717, 1.165) is 35.6 Å². The standard InChI is InChI=1S/C14H21BrN2OS/c1-11(2)16-10-12-3-4-13(15)9-14(12)17-5-7-19(18)8-6-17/h3-4,9,11,16H,5-8,10H2,1-2H3. The van der Waals surface area contributed by atoms with Gasteiger partial charge in [-0.25, -0.2) is 0 Å². The van der Waals surface area contributed by atoms with Crippen LogP contribution < -0.4 is 10.2 Å². The number of halogens is 1. The molecule has 0 aromatic heterocycles. The number of nitrogens with one attached hydrogen (secondary N) is 1. The highest BCUT2D eigenvalue weighted by Gasteiger charge is 2.18. The summed E-state index contributed by atoms with van der Waals surface area (Å²) in [5.41, 5.74) is 2.57. The molecular formula is C14H21BrN2OS. The molecule has 1 saturated heterocycles. The molecule has 1 aromatic carbocycles. The molecule has 106 valence electrons. The van der Waals surface area contributed by atoms with Gasteiger partial charge in [-0.1, -0.05) is 35.8 Å². The molecule has 0 atom stereocenters. The fraction of sp³-hybridized carbons (Fsp3) is 0.571. The van der Waals surface area contributed by atoms with Crippen LogP contribution >= 0.6 is 15.9 Å². The highest BCUT2D eigenvalue weighted by Crippen LogP contribution is 2.26. The Balaban J connectivity index is 2.16. The van der Waals surface area contributed by atoms with E-state index < -0.39 is 10.8 Å². The number of hydrogen-bond acceptors (Lipinski definition) is 3. The van der Waals surface area contributed by atoms with Crippen LogP contribution in [0.1, 0.15) is 19.4 Å². The van der Waals surface area contributed by atoms with Crippen molar-refractivity contribution >= 4 is 32.4 Å². The summed E-state index contributed by atoms with van der Waals surface area (Å²) in [6.07, 6.45) is 0. The third kappa shape index (κ3) is 4.29. The van der Waals surface area contributed by atoms with Gasteiger partial charge in [-0.15, -0.1) is 0 Å². The van der Waals surface area contributed by atoms with E-state index in [1.807, 2.05) is 0 Å². The molecule has 0 unspecified atom stereocenters. The van der Waals surface area contributed by atoms with Gasteiger partial charge in [-0.05, 0) is 17.7 Å². The molecule has 19 heavy (non-hydrogen) atoms. The van der Waals surface area contributed by atoms with Gasteiger partial charge in [0.15, 0.2) is 0 Å². The predicted molar refractivity (Wildman–Crippen MR) is 86.2 cm³/mol. The molecular weight excluding hydrogens is 324 g/mol. The zero-order chi connectivity index (χ0) is 13.8. The molecule has 2 rings (SSSR count). The Morgan fingerprint density at radius 1 is 1.37 bits per heavy atom. The van der Waals surface area contributed by atoms with Crippen molar-refractivity contribution in [2.75, 3.05) is 29.5 Å². The maximum Gasteiger partial charge on any atom is 0.0423 e. The predicted octanol–water partition coefficient (Wildman–Crippen LogP) is 2.52. The van der Waals surface area contributed by atoms with Gasteiger partial charge in [0.05, 0.1) is 0 Å². The minimum Gasteiger partial charge on any atom is -0.369 e. The Morgan fingerprint density at radius 2 is 2.05 bits per heavy atom. The first-order valence-corrected chi connectivity index (χ1v) is 8.96. The van der Waals surface area contributed by atoms with Crippen molar-refractivity contribution in [2.24, 2.45) is 0 Å². The highest BCUT2D eigenvalue weighted by molar-refractivity contribution is 9.10. The Kier molecular flexibility index (Phi) is 5.42. The second-order valence-electron chi connectivity index (χ2n) is 5.14. The van der Waals surface area contributed by atoms with E-state index in [4.69, 9.17) is 0 Å². The van der Waals surface area contributed by atoms with Crippen LogP contribution in [-0.2, 0) is 17.3 Å². The molecule has 0 radical (unpaired) electrons. The summed E-state index contributed by atoms with van der Waals surface area (Å²) in [5, 5.41) is 3.47. The van der Waals surface area contributed by atoms with Gasteiger partial charge in [-0.3, -0.25) is 4.21 Å². The number of nitrogens with zero attached hydrogens (tertiary/aromatic N) is 1. The minimum absolute atomic E-state index is 0.477. The molecule has 0 saturated carbocycles. The van der Waals surface area contributed by atoms with E-state index in [9.17, 15) is 4.21 Å². The van der Waals surface area contributed by atoms with Crippen LogP contribution in [0.4, 0.5) is 5.69 Å². The van der Waals surface area contributed by atoms with Crippen molar-refractivity contribution in [1.82, 2.24) is 5.32 Å². The van der Waals surface area contributed by atoms with Crippen LogP contribution in [-0.4, -0.2) is 34.8 Å². The molecule has 0 bridgehead atoms. The quantitative estimate of drug-likeness (QED) is 0.910. The molecule has 0 spiro atoms. The van der Waals surface area contributed by atoms with Crippen molar-refractivity contribution in [1.29, 1.82) is 0 Å². The van der Waals surface area contributed by atoms with Gasteiger partial charge < -0.3 is 10.2 Å². The Labute approximate surface area is 126 Å². The van der Waals surface area contributed by atoms with Crippen LogP contribution in [0.3, 0.4) is 0 Å². The lowest BCUT2D eigenvalue weighted by Crippen LogP contribution is -2.38. The topological polar surface area (TPSA) is 32.3 Å². The molecule has 5 heteroatoms. The van der Waals surface area contributed by atoms with Crippen molar-refractivity contribution in [2.45, 2.75) is 26.4 Å². The van der Waals surface area contributed by atoms with E-state index in [2.05, 4.69) is 58.2 Å². The molecule has 1 fully saturated rings. The summed E-state index contributed by atoms with van der Waals surface area (Å²) >= 11 is 3.55. The average molecular weight is 345 g/mol. The summed E-state index contributed by atoms with van der Waals surface area (Å²) in [5.74, 6) is 1.56. The van der Waals surface area contributed by atoms with E-state index in [0.29, 0.717) is 6.04 Å². The van der Waals surface area contributed by atoms with Crippen molar-refractivity contribution in [3.63, 3.8) is 0 Å². The van der Waals surface area contributed by atoms with Crippen molar-refractivity contribution in [3.8, 4) is 0 Å². The summed E-state index contributed by atoms with van der Waals surface area (Å²) in [6, 6.07) is 6.90. The summed E-state index contributed by atoms with van der Waals surface area (Å²) in [6.45, 7) is 6.96. The second kappa shape index (κ2) is 6.86. The Bertz CT molecular complexity index is 455. The van der Waals surface area contributed by atoms with Crippen LogP contribution in [0.5, 0.6) is 0 Å². The maximum atomic E-state index is 11.5. The molecule has 3 nitrogen and oxygen atoms in total. The SMILES string of the molecule is CC(C)NCc1ccc(Br)cc1N1CCS(=O)CC1. The van der Waals surface area contributed by atoms with Gasteiger partial charge in [0.2, 0.25) is 0 Å².